The topological polar surface area (TPSA) is 89.3 Å². The van der Waals surface area contributed by atoms with Crippen LogP contribution in [-0.2, 0) is 14.3 Å². The molecular weight excluding hydrogens is 396 g/mol. The Hall–Kier alpha value is -2.24. The molecule has 0 radical (unpaired) electrons. The number of benzene rings is 1. The number of ketones is 1. The van der Waals surface area contributed by atoms with Crippen LogP contribution >= 0.6 is 27.3 Å². The van der Waals surface area contributed by atoms with E-state index in [0.29, 0.717) is 10.8 Å². The van der Waals surface area contributed by atoms with Gasteiger partial charge in [-0.3, -0.25) is 4.79 Å². The molecule has 0 saturated carbocycles. The summed E-state index contributed by atoms with van der Waals surface area (Å²) in [5, 5.41) is 11.3. The van der Waals surface area contributed by atoms with Gasteiger partial charge >= 0.3 is 5.97 Å². The Morgan fingerprint density at radius 3 is 2.83 bits per heavy atom. The number of nitriles is 1. The molecule has 1 aromatic carbocycles. The summed E-state index contributed by atoms with van der Waals surface area (Å²) in [5.74, 6) is -1.72. The molecule has 0 saturated heterocycles. The van der Waals surface area contributed by atoms with Crippen molar-refractivity contribution in [2.24, 2.45) is 0 Å². The zero-order valence-corrected chi connectivity index (χ0v) is 15.1. The Labute approximate surface area is 151 Å². The van der Waals surface area contributed by atoms with Crippen LogP contribution in [0.15, 0.2) is 34.1 Å². The van der Waals surface area contributed by atoms with Gasteiger partial charge in [0.2, 0.25) is 0 Å². The van der Waals surface area contributed by atoms with Crippen LogP contribution in [0, 0.1) is 18.3 Å². The average Bonchev–Trinajstić information content (AvgIpc) is 2.98. The summed E-state index contributed by atoms with van der Waals surface area (Å²) >= 11 is 4.52. The zero-order valence-electron chi connectivity index (χ0n) is 12.7. The molecule has 0 aliphatic heterocycles. The molecule has 2 aromatic rings. The molecule has 0 spiro atoms. The number of carbonyl (C=O) groups excluding carboxylic acids is 2. The van der Waals surface area contributed by atoms with Gasteiger partial charge in [0.15, 0.2) is 24.9 Å². The molecule has 0 amide bonds. The van der Waals surface area contributed by atoms with Gasteiger partial charge in [-0.15, -0.1) is 11.3 Å². The summed E-state index contributed by atoms with van der Waals surface area (Å²) in [6.07, 6.45) is 0. The van der Waals surface area contributed by atoms with Crippen molar-refractivity contribution < 1.29 is 19.1 Å². The quantitative estimate of drug-likeness (QED) is 0.654. The lowest BCUT2D eigenvalue weighted by Gasteiger charge is -2.08. The second kappa shape index (κ2) is 8.57. The number of hydrogen-bond donors (Lipinski definition) is 0. The summed E-state index contributed by atoms with van der Waals surface area (Å²) in [7, 11) is 0. The molecule has 0 aliphatic rings. The van der Waals surface area contributed by atoms with E-state index in [1.807, 2.05) is 12.1 Å². The highest BCUT2D eigenvalue weighted by Crippen LogP contribution is 2.21. The van der Waals surface area contributed by atoms with E-state index in [4.69, 9.17) is 14.7 Å². The van der Waals surface area contributed by atoms with Crippen LogP contribution in [0.25, 0.3) is 0 Å². The summed E-state index contributed by atoms with van der Waals surface area (Å²) in [6, 6.07) is 8.88. The van der Waals surface area contributed by atoms with Crippen LogP contribution in [-0.4, -0.2) is 30.0 Å². The third-order valence-corrected chi connectivity index (χ3v) is 4.38. The lowest BCUT2D eigenvalue weighted by molar-refractivity contribution is -0.150. The molecule has 124 valence electrons. The smallest absolute Gasteiger partial charge is 0.344 e. The van der Waals surface area contributed by atoms with Gasteiger partial charge in [-0.05, 0) is 25.1 Å². The van der Waals surface area contributed by atoms with Crippen molar-refractivity contribution in [3.05, 3.63) is 44.8 Å². The molecule has 1 heterocycles. The molecule has 24 heavy (non-hydrogen) atoms. The van der Waals surface area contributed by atoms with Gasteiger partial charge in [-0.25, -0.2) is 9.78 Å². The van der Waals surface area contributed by atoms with Crippen molar-refractivity contribution in [3.63, 3.8) is 0 Å². The number of rotatable bonds is 7. The van der Waals surface area contributed by atoms with Gasteiger partial charge < -0.3 is 9.47 Å². The minimum atomic E-state index is -1.03. The van der Waals surface area contributed by atoms with Crippen molar-refractivity contribution >= 4 is 39.0 Å². The minimum Gasteiger partial charge on any atom is -0.482 e. The fourth-order valence-electron chi connectivity index (χ4n) is 1.75. The maximum atomic E-state index is 12.0. The van der Waals surface area contributed by atoms with Gasteiger partial charge in [0.05, 0.1) is 6.07 Å². The van der Waals surface area contributed by atoms with Crippen molar-refractivity contribution in [1.82, 2.24) is 4.98 Å². The Bertz CT molecular complexity index is 784. The SMILES string of the molecule is Cc1csc([C@H](C#N)C(=O)COC(=O)COc2cccc(Br)c2)n1. The van der Waals surface area contributed by atoms with Gasteiger partial charge in [0, 0.05) is 15.5 Å². The van der Waals surface area contributed by atoms with Gasteiger partial charge in [-0.2, -0.15) is 5.26 Å². The molecule has 0 bridgehead atoms. The van der Waals surface area contributed by atoms with Crippen LogP contribution in [0.3, 0.4) is 0 Å². The second-order valence-electron chi connectivity index (χ2n) is 4.76. The van der Waals surface area contributed by atoms with Crippen molar-refractivity contribution in [3.8, 4) is 11.8 Å². The Kier molecular flexibility index (Phi) is 6.46. The number of aromatic nitrogens is 1. The molecule has 1 aromatic heterocycles. The van der Waals surface area contributed by atoms with E-state index < -0.39 is 24.3 Å². The molecule has 8 heteroatoms. The molecule has 6 nitrogen and oxygen atoms in total. The van der Waals surface area contributed by atoms with E-state index in [-0.39, 0.29) is 6.61 Å². The molecule has 1 atom stereocenters. The van der Waals surface area contributed by atoms with Crippen molar-refractivity contribution in [2.45, 2.75) is 12.8 Å². The first-order valence-electron chi connectivity index (χ1n) is 6.88. The summed E-state index contributed by atoms with van der Waals surface area (Å²) in [5.41, 5.74) is 0.738. The van der Waals surface area contributed by atoms with Crippen LogP contribution in [0.5, 0.6) is 5.75 Å². The largest absolute Gasteiger partial charge is 0.482 e. The number of ether oxygens (including phenoxy) is 2. The number of Topliss-reactive ketones (excluding diaryl/α,β-unsaturated/α-hetero) is 1. The number of carbonyl (C=O) groups is 2. The summed E-state index contributed by atoms with van der Waals surface area (Å²) in [4.78, 5) is 27.8. The molecule has 0 aliphatic carbocycles. The number of hydrogen-bond acceptors (Lipinski definition) is 7. The van der Waals surface area contributed by atoms with E-state index in [9.17, 15) is 9.59 Å². The average molecular weight is 409 g/mol. The molecule has 0 N–H and O–H groups in total. The van der Waals surface area contributed by atoms with Crippen LogP contribution in [0.2, 0.25) is 0 Å². The molecule has 0 fully saturated rings. The molecule has 2 rings (SSSR count). The molecular formula is C16H13BrN2O4S. The molecule has 0 unspecified atom stereocenters. The van der Waals surface area contributed by atoms with E-state index in [2.05, 4.69) is 20.9 Å². The maximum Gasteiger partial charge on any atom is 0.344 e. The van der Waals surface area contributed by atoms with E-state index >= 15 is 0 Å². The standard InChI is InChI=1S/C16H13BrN2O4S/c1-10-9-24-16(19-10)13(6-18)14(20)7-23-15(21)8-22-12-4-2-3-11(17)5-12/h2-5,9,13H,7-8H2,1H3/t13-/m1/s1. The first kappa shape index (κ1) is 18.1. The fraction of sp³-hybridized carbons (Fsp3) is 0.250. The third kappa shape index (κ3) is 5.15. The van der Waals surface area contributed by atoms with Crippen LogP contribution < -0.4 is 4.74 Å². The lowest BCUT2D eigenvalue weighted by atomic mass is 10.1. The van der Waals surface area contributed by atoms with Gasteiger partial charge in [0.1, 0.15) is 10.8 Å². The highest BCUT2D eigenvalue weighted by atomic mass is 79.9. The highest BCUT2D eigenvalue weighted by Gasteiger charge is 2.24. The summed E-state index contributed by atoms with van der Waals surface area (Å²) in [6.45, 7) is 0.965. The third-order valence-electron chi connectivity index (χ3n) is 2.86. The Balaban J connectivity index is 1.82. The predicted octanol–water partition coefficient (Wildman–Crippen LogP) is 3.01. The number of nitrogens with zero attached hydrogens (tertiary/aromatic N) is 2. The van der Waals surface area contributed by atoms with Crippen LogP contribution in [0.1, 0.15) is 16.6 Å². The second-order valence-corrected chi connectivity index (χ2v) is 6.57. The maximum absolute atomic E-state index is 12.0. The highest BCUT2D eigenvalue weighted by molar-refractivity contribution is 9.10. The number of esters is 1. The lowest BCUT2D eigenvalue weighted by Crippen LogP contribution is -2.22. The van der Waals surface area contributed by atoms with Gasteiger partial charge in [0.25, 0.3) is 0 Å². The van der Waals surface area contributed by atoms with Crippen molar-refractivity contribution in [1.29, 1.82) is 5.26 Å². The van der Waals surface area contributed by atoms with Crippen molar-refractivity contribution in [2.75, 3.05) is 13.2 Å². The minimum absolute atomic E-state index is 0.322. The van der Waals surface area contributed by atoms with E-state index in [1.54, 1.807) is 30.5 Å². The summed E-state index contributed by atoms with van der Waals surface area (Å²) < 4.78 is 11.0. The Morgan fingerprint density at radius 1 is 1.42 bits per heavy atom. The number of halogens is 1. The normalized spacial score (nSPS) is 11.4. The first-order valence-corrected chi connectivity index (χ1v) is 8.55. The number of aryl methyl sites for hydroxylation is 1. The predicted molar refractivity (Wildman–Crippen MR) is 90.8 cm³/mol. The van der Waals surface area contributed by atoms with Gasteiger partial charge in [-0.1, -0.05) is 22.0 Å². The number of thiazole rings is 1. The van der Waals surface area contributed by atoms with E-state index in [1.165, 1.54) is 11.3 Å². The van der Waals surface area contributed by atoms with Crippen LogP contribution in [0.4, 0.5) is 0 Å². The van der Waals surface area contributed by atoms with E-state index in [0.717, 1.165) is 10.2 Å². The zero-order chi connectivity index (χ0) is 17.5. The first-order chi connectivity index (χ1) is 11.5. The Morgan fingerprint density at radius 2 is 2.21 bits per heavy atom. The monoisotopic (exact) mass is 408 g/mol. The fourth-order valence-corrected chi connectivity index (χ4v) is 2.98.